The molecule has 15 heavy (non-hydrogen) atoms. The van der Waals surface area contributed by atoms with Gasteiger partial charge >= 0.3 is 0 Å². The van der Waals surface area contributed by atoms with Gasteiger partial charge in [0, 0.05) is 13.0 Å². The van der Waals surface area contributed by atoms with Crippen LogP contribution in [0, 0.1) is 5.41 Å². The molecule has 1 amide bonds. The van der Waals surface area contributed by atoms with E-state index in [0.29, 0.717) is 6.54 Å². The Hall–Kier alpha value is -0.510. The Morgan fingerprint density at radius 2 is 1.87 bits per heavy atom. The molecule has 0 spiro atoms. The molecule has 0 radical (unpaired) electrons. The summed E-state index contributed by atoms with van der Waals surface area (Å²) < 4.78 is -0.889. The van der Waals surface area contributed by atoms with Gasteiger partial charge in [0.25, 0.3) is 0 Å². The van der Waals surface area contributed by atoms with Crippen LogP contribution < -0.4 is 5.32 Å². The van der Waals surface area contributed by atoms with E-state index in [0.717, 1.165) is 12.7 Å². The first kappa shape index (κ1) is 14.5. The third-order valence-electron chi connectivity index (χ3n) is 2.13. The molecule has 1 N–H and O–H groups in total. The van der Waals surface area contributed by atoms with Crippen LogP contribution in [0.2, 0.25) is 0 Å². The Bertz CT molecular complexity index is 231. The molecule has 0 aliphatic rings. The molecule has 4 heteroatoms. The number of thiol groups is 1. The quantitative estimate of drug-likeness (QED) is 0.560. The number of aldehydes is 1. The molecule has 0 saturated heterocycles. The Morgan fingerprint density at radius 1 is 1.33 bits per heavy atom. The fourth-order valence-electron chi connectivity index (χ4n) is 0.996. The van der Waals surface area contributed by atoms with Crippen molar-refractivity contribution in [3.63, 3.8) is 0 Å². The van der Waals surface area contributed by atoms with E-state index in [1.807, 2.05) is 0 Å². The molecule has 0 aromatic rings. The number of hydrogen-bond acceptors (Lipinski definition) is 3. The fourth-order valence-corrected chi connectivity index (χ4v) is 1.15. The van der Waals surface area contributed by atoms with Crippen molar-refractivity contribution in [3.8, 4) is 0 Å². The predicted octanol–water partition coefficient (Wildman–Crippen LogP) is 1.82. The molecule has 0 heterocycles. The largest absolute Gasteiger partial charge is 0.355 e. The fraction of sp³-hybridized carbons (Fsp3) is 0.818. The van der Waals surface area contributed by atoms with Gasteiger partial charge in [0.15, 0.2) is 0 Å². The number of hydrogen-bond donors (Lipinski definition) is 2. The summed E-state index contributed by atoms with van der Waals surface area (Å²) in [5, 5.41) is 2.79. The van der Waals surface area contributed by atoms with E-state index in [-0.39, 0.29) is 17.7 Å². The van der Waals surface area contributed by atoms with Gasteiger partial charge < -0.3 is 10.1 Å². The number of carbonyl (C=O) groups excluding carboxylic acids is 2. The van der Waals surface area contributed by atoms with Gasteiger partial charge in [-0.05, 0) is 18.8 Å². The monoisotopic (exact) mass is 231 g/mol. The smallest absolute Gasteiger partial charge is 0.236 e. The van der Waals surface area contributed by atoms with E-state index in [1.165, 1.54) is 0 Å². The lowest BCUT2D eigenvalue weighted by atomic mass is 9.92. The average Bonchev–Trinajstić information content (AvgIpc) is 2.01. The normalized spacial score (nSPS) is 15.5. The van der Waals surface area contributed by atoms with Crippen LogP contribution in [0.15, 0.2) is 0 Å². The van der Waals surface area contributed by atoms with Crippen LogP contribution in [-0.2, 0) is 9.59 Å². The zero-order valence-corrected chi connectivity index (χ0v) is 10.9. The lowest BCUT2D eigenvalue weighted by Gasteiger charge is -2.22. The first-order chi connectivity index (χ1) is 6.69. The second kappa shape index (κ2) is 5.54. The lowest BCUT2D eigenvalue weighted by molar-refractivity contribution is -0.124. The summed E-state index contributed by atoms with van der Waals surface area (Å²) in [4.78, 5) is 21.9. The zero-order valence-electron chi connectivity index (χ0n) is 9.96. The number of carbonyl (C=O) groups is 2. The van der Waals surface area contributed by atoms with Crippen LogP contribution >= 0.6 is 12.6 Å². The molecule has 0 aromatic heterocycles. The summed E-state index contributed by atoms with van der Waals surface area (Å²) in [5.74, 6) is -0.179. The van der Waals surface area contributed by atoms with Gasteiger partial charge in [-0.3, -0.25) is 4.79 Å². The molecule has 0 rings (SSSR count). The highest BCUT2D eigenvalue weighted by molar-refractivity contribution is 7.82. The summed E-state index contributed by atoms with van der Waals surface area (Å²) in [7, 11) is 0. The van der Waals surface area contributed by atoms with Gasteiger partial charge in [-0.2, -0.15) is 12.6 Å². The molecule has 1 atom stereocenters. The zero-order chi connectivity index (χ0) is 12.1. The molecule has 0 bridgehead atoms. The van der Waals surface area contributed by atoms with E-state index in [9.17, 15) is 9.59 Å². The van der Waals surface area contributed by atoms with E-state index in [2.05, 4.69) is 38.7 Å². The Labute approximate surface area is 97.4 Å². The third-order valence-corrected chi connectivity index (χ3v) is 2.52. The van der Waals surface area contributed by atoms with Crippen molar-refractivity contribution in [2.24, 2.45) is 5.41 Å². The van der Waals surface area contributed by atoms with Gasteiger partial charge in [-0.1, -0.05) is 20.8 Å². The van der Waals surface area contributed by atoms with Crippen LogP contribution in [0.4, 0.5) is 0 Å². The number of rotatable bonds is 5. The summed E-state index contributed by atoms with van der Waals surface area (Å²) in [6.07, 6.45) is 1.76. The van der Waals surface area contributed by atoms with Crippen molar-refractivity contribution in [1.82, 2.24) is 5.32 Å². The SMILES string of the molecule is CC(C)(C)CCNC(=O)[C@](C)(S)CC=O. The molecular formula is C11H21NO2S. The summed E-state index contributed by atoms with van der Waals surface area (Å²) in [5.41, 5.74) is 0.199. The highest BCUT2D eigenvalue weighted by atomic mass is 32.1. The molecule has 0 fully saturated rings. The topological polar surface area (TPSA) is 46.2 Å². The maximum absolute atomic E-state index is 11.6. The van der Waals surface area contributed by atoms with Crippen LogP contribution in [0.5, 0.6) is 0 Å². The van der Waals surface area contributed by atoms with Gasteiger partial charge in [0.05, 0.1) is 4.75 Å². The van der Waals surface area contributed by atoms with Gasteiger partial charge in [-0.25, -0.2) is 0 Å². The second-order valence-corrected chi connectivity index (χ2v) is 6.20. The summed E-state index contributed by atoms with van der Waals surface area (Å²) >= 11 is 4.16. The average molecular weight is 231 g/mol. The van der Waals surface area contributed by atoms with E-state index in [1.54, 1.807) is 6.92 Å². The summed E-state index contributed by atoms with van der Waals surface area (Å²) in [6.45, 7) is 8.62. The van der Waals surface area contributed by atoms with E-state index in [4.69, 9.17) is 0 Å². The highest BCUT2D eigenvalue weighted by Gasteiger charge is 2.28. The minimum absolute atomic E-state index is 0.136. The Kier molecular flexibility index (Phi) is 5.35. The van der Waals surface area contributed by atoms with Crippen molar-refractivity contribution in [3.05, 3.63) is 0 Å². The van der Waals surface area contributed by atoms with Crippen LogP contribution in [0.3, 0.4) is 0 Å². The molecule has 0 saturated carbocycles. The molecule has 0 aromatic carbocycles. The van der Waals surface area contributed by atoms with Crippen molar-refractivity contribution in [1.29, 1.82) is 0 Å². The Morgan fingerprint density at radius 3 is 2.27 bits per heavy atom. The van der Waals surface area contributed by atoms with Crippen LogP contribution in [-0.4, -0.2) is 23.5 Å². The molecule has 0 aliphatic carbocycles. The maximum atomic E-state index is 11.6. The van der Waals surface area contributed by atoms with E-state index < -0.39 is 4.75 Å². The molecule has 88 valence electrons. The highest BCUT2D eigenvalue weighted by Crippen LogP contribution is 2.19. The third kappa shape index (κ3) is 6.55. The maximum Gasteiger partial charge on any atom is 0.236 e. The molecule has 0 aliphatic heterocycles. The van der Waals surface area contributed by atoms with Crippen LogP contribution in [0.1, 0.15) is 40.5 Å². The van der Waals surface area contributed by atoms with Crippen molar-refractivity contribution in [2.75, 3.05) is 6.54 Å². The minimum Gasteiger partial charge on any atom is -0.355 e. The van der Waals surface area contributed by atoms with E-state index >= 15 is 0 Å². The minimum atomic E-state index is -0.889. The number of nitrogens with one attached hydrogen (secondary N) is 1. The van der Waals surface area contributed by atoms with Gasteiger partial charge in [0.1, 0.15) is 6.29 Å². The molecule has 0 unspecified atom stereocenters. The molecular weight excluding hydrogens is 210 g/mol. The Balaban J connectivity index is 3.99. The van der Waals surface area contributed by atoms with Crippen molar-refractivity contribution in [2.45, 2.75) is 45.3 Å². The lowest BCUT2D eigenvalue weighted by Crippen LogP contribution is -2.41. The summed E-state index contributed by atoms with van der Waals surface area (Å²) in [6, 6.07) is 0. The first-order valence-corrected chi connectivity index (χ1v) is 5.58. The van der Waals surface area contributed by atoms with Crippen LogP contribution in [0.25, 0.3) is 0 Å². The van der Waals surface area contributed by atoms with Crippen molar-refractivity contribution < 1.29 is 9.59 Å². The van der Waals surface area contributed by atoms with Gasteiger partial charge in [0.2, 0.25) is 5.91 Å². The number of amides is 1. The first-order valence-electron chi connectivity index (χ1n) is 5.13. The standard InChI is InChI=1S/C11H21NO2S/c1-10(2,3)5-7-12-9(14)11(4,15)6-8-13/h8,15H,5-7H2,1-4H3,(H,12,14)/t11-/m1/s1. The van der Waals surface area contributed by atoms with Gasteiger partial charge in [-0.15, -0.1) is 0 Å². The predicted molar refractivity (Wildman–Crippen MR) is 65.2 cm³/mol. The van der Waals surface area contributed by atoms with Crippen molar-refractivity contribution >= 4 is 24.8 Å². The second-order valence-electron chi connectivity index (χ2n) is 5.21. The molecule has 3 nitrogen and oxygen atoms in total.